The number of nitrogens with zero attached hydrogens (tertiary/aromatic N) is 2. The molecule has 0 fully saturated rings. The van der Waals surface area contributed by atoms with Crippen molar-refractivity contribution in [3.63, 3.8) is 0 Å². The molecule has 0 aliphatic rings. The van der Waals surface area contributed by atoms with Crippen LogP contribution in [0.2, 0.25) is 0 Å². The van der Waals surface area contributed by atoms with Crippen LogP contribution >= 0.6 is 45.3 Å². The third-order valence-corrected chi connectivity index (χ3v) is 3.89. The number of rotatable bonds is 2. The number of hydrogen-bond acceptors (Lipinski definition) is 4. The van der Waals surface area contributed by atoms with Gasteiger partial charge >= 0.3 is 0 Å². The van der Waals surface area contributed by atoms with Gasteiger partial charge in [0.1, 0.15) is 0 Å². The highest BCUT2D eigenvalue weighted by molar-refractivity contribution is 14.1. The first-order chi connectivity index (χ1) is 5.90. The van der Waals surface area contributed by atoms with Crippen LogP contribution in [-0.2, 0) is 4.43 Å². The molecule has 5 heteroatoms. The van der Waals surface area contributed by atoms with Gasteiger partial charge in [0.05, 0.1) is 5.69 Å². The summed E-state index contributed by atoms with van der Waals surface area (Å²) in [6.07, 6.45) is 1.81. The van der Waals surface area contributed by atoms with Crippen LogP contribution in [0.25, 0.3) is 10.0 Å². The van der Waals surface area contributed by atoms with Crippen LogP contribution in [0.15, 0.2) is 17.0 Å². The second-order valence-corrected chi connectivity index (χ2v) is 4.63. The second-order valence-electron chi connectivity index (χ2n) is 2.11. The van der Waals surface area contributed by atoms with E-state index in [1.54, 1.807) is 22.7 Å². The summed E-state index contributed by atoms with van der Waals surface area (Å²) >= 11 is 5.61. The van der Waals surface area contributed by atoms with E-state index >= 15 is 0 Å². The summed E-state index contributed by atoms with van der Waals surface area (Å²) in [6, 6.07) is 0. The predicted molar refractivity (Wildman–Crippen MR) is 60.9 cm³/mol. The van der Waals surface area contributed by atoms with Crippen LogP contribution in [-0.4, -0.2) is 9.97 Å². The Kier molecular flexibility index (Phi) is 2.72. The lowest BCUT2D eigenvalue weighted by Gasteiger charge is -1.84. The zero-order valence-electron chi connectivity index (χ0n) is 6.03. The summed E-state index contributed by atoms with van der Waals surface area (Å²) in [5, 5.41) is 6.12. The van der Waals surface area contributed by atoms with Gasteiger partial charge in [0.15, 0.2) is 10.0 Å². The van der Waals surface area contributed by atoms with E-state index in [-0.39, 0.29) is 0 Å². The summed E-state index contributed by atoms with van der Waals surface area (Å²) in [6.45, 7) is 0. The van der Waals surface area contributed by atoms with Crippen LogP contribution in [0.3, 0.4) is 0 Å². The summed E-state index contributed by atoms with van der Waals surface area (Å²) in [5.74, 6) is 0. The van der Waals surface area contributed by atoms with Crippen molar-refractivity contribution in [3.8, 4) is 10.0 Å². The molecule has 2 heterocycles. The Hall–Kier alpha value is -0.0100. The molecule has 2 nitrogen and oxygen atoms in total. The van der Waals surface area contributed by atoms with Crippen molar-refractivity contribution >= 4 is 45.3 Å². The molecule has 0 N–H and O–H groups in total. The van der Waals surface area contributed by atoms with Crippen molar-refractivity contribution in [2.75, 3.05) is 0 Å². The molecule has 0 amide bonds. The van der Waals surface area contributed by atoms with Crippen molar-refractivity contribution in [1.82, 2.24) is 9.97 Å². The largest absolute Gasteiger partial charge is 0.242 e. The third-order valence-electron chi connectivity index (χ3n) is 1.30. The van der Waals surface area contributed by atoms with Crippen molar-refractivity contribution in [3.05, 3.63) is 22.7 Å². The lowest BCUT2D eigenvalue weighted by Crippen LogP contribution is -1.76. The van der Waals surface area contributed by atoms with Crippen molar-refractivity contribution in [2.45, 2.75) is 4.43 Å². The minimum atomic E-state index is 0.972. The maximum atomic E-state index is 4.43. The number of thiazole rings is 2. The van der Waals surface area contributed by atoms with Gasteiger partial charge in [-0.25, -0.2) is 9.97 Å². The normalized spacial score (nSPS) is 10.4. The molecule has 0 saturated heterocycles. The van der Waals surface area contributed by atoms with E-state index in [1.165, 1.54) is 0 Å². The molecule has 2 aromatic rings. The maximum absolute atomic E-state index is 4.43. The molecule has 0 aliphatic carbocycles. The summed E-state index contributed by atoms with van der Waals surface area (Å²) < 4.78 is 0.972. The molecule has 0 atom stereocenters. The van der Waals surface area contributed by atoms with Crippen molar-refractivity contribution in [1.29, 1.82) is 0 Å². The van der Waals surface area contributed by atoms with Gasteiger partial charge in [-0.3, -0.25) is 0 Å². The van der Waals surface area contributed by atoms with Gasteiger partial charge < -0.3 is 0 Å². The molecule has 12 heavy (non-hydrogen) atoms. The van der Waals surface area contributed by atoms with Gasteiger partial charge in [-0.05, 0) is 0 Å². The zero-order chi connectivity index (χ0) is 8.39. The van der Waals surface area contributed by atoms with Gasteiger partial charge in [-0.15, -0.1) is 22.7 Å². The van der Waals surface area contributed by atoms with Gasteiger partial charge in [-0.1, -0.05) is 22.6 Å². The lowest BCUT2D eigenvalue weighted by atomic mass is 10.6. The molecule has 0 aliphatic heterocycles. The topological polar surface area (TPSA) is 25.8 Å². The average molecular weight is 308 g/mol. The third kappa shape index (κ3) is 1.67. The molecule has 2 rings (SSSR count). The first kappa shape index (κ1) is 8.58. The quantitative estimate of drug-likeness (QED) is 0.629. The SMILES string of the molecule is ICc1csc(-c2nccs2)n1. The van der Waals surface area contributed by atoms with Gasteiger partial charge in [0.2, 0.25) is 0 Å². The van der Waals surface area contributed by atoms with Crippen molar-refractivity contribution in [2.24, 2.45) is 0 Å². The van der Waals surface area contributed by atoms with Crippen LogP contribution in [0.4, 0.5) is 0 Å². The molecule has 0 radical (unpaired) electrons. The minimum absolute atomic E-state index is 0.972. The number of alkyl halides is 1. The monoisotopic (exact) mass is 308 g/mol. The smallest absolute Gasteiger partial charge is 0.152 e. The molecule has 0 bridgehead atoms. The van der Waals surface area contributed by atoms with Crippen molar-refractivity contribution < 1.29 is 0 Å². The maximum Gasteiger partial charge on any atom is 0.152 e. The fraction of sp³-hybridized carbons (Fsp3) is 0.143. The molecule has 62 valence electrons. The summed E-state index contributed by atoms with van der Waals surface area (Å²) in [7, 11) is 0. The van der Waals surface area contributed by atoms with Crippen LogP contribution in [0, 0.1) is 0 Å². The van der Waals surface area contributed by atoms with Gasteiger partial charge in [-0.2, -0.15) is 0 Å². The van der Waals surface area contributed by atoms with Crippen LogP contribution in [0.1, 0.15) is 5.69 Å². The van der Waals surface area contributed by atoms with Crippen LogP contribution < -0.4 is 0 Å². The Labute approximate surface area is 91.8 Å². The fourth-order valence-corrected chi connectivity index (χ4v) is 3.00. The van der Waals surface area contributed by atoms with Gasteiger partial charge in [0, 0.05) is 21.4 Å². The summed E-state index contributed by atoms with van der Waals surface area (Å²) in [4.78, 5) is 8.63. The highest BCUT2D eigenvalue weighted by Gasteiger charge is 2.04. The highest BCUT2D eigenvalue weighted by Crippen LogP contribution is 2.25. The van der Waals surface area contributed by atoms with E-state index in [9.17, 15) is 0 Å². The number of hydrogen-bond donors (Lipinski definition) is 0. The Bertz CT molecular complexity index is 355. The molecular weight excluding hydrogens is 303 g/mol. The molecule has 0 unspecified atom stereocenters. The predicted octanol–water partition coefficient (Wildman–Crippen LogP) is 3.20. The van der Waals surface area contributed by atoms with E-state index in [0.717, 1.165) is 20.1 Å². The Balaban J connectivity index is 2.35. The highest BCUT2D eigenvalue weighted by atomic mass is 127. The number of halogens is 1. The lowest BCUT2D eigenvalue weighted by molar-refractivity contribution is 1.25. The zero-order valence-corrected chi connectivity index (χ0v) is 9.82. The molecule has 0 saturated carbocycles. The Morgan fingerprint density at radius 2 is 2.25 bits per heavy atom. The Morgan fingerprint density at radius 1 is 1.33 bits per heavy atom. The first-order valence-corrected chi connectivity index (χ1v) is 6.59. The van der Waals surface area contributed by atoms with E-state index in [2.05, 4.69) is 37.9 Å². The molecule has 0 aromatic carbocycles. The van der Waals surface area contributed by atoms with E-state index in [4.69, 9.17) is 0 Å². The fourth-order valence-electron chi connectivity index (χ4n) is 0.796. The molecular formula is C7H5IN2S2. The van der Waals surface area contributed by atoms with Gasteiger partial charge in [0.25, 0.3) is 0 Å². The standard InChI is InChI=1S/C7H5IN2S2/c8-3-5-4-12-7(10-5)6-9-1-2-11-6/h1-2,4H,3H2. The molecule has 2 aromatic heterocycles. The minimum Gasteiger partial charge on any atom is -0.242 e. The van der Waals surface area contributed by atoms with E-state index in [0.29, 0.717) is 0 Å². The first-order valence-electron chi connectivity index (χ1n) is 3.30. The Morgan fingerprint density at radius 3 is 2.83 bits per heavy atom. The van der Waals surface area contributed by atoms with E-state index < -0.39 is 0 Å². The second kappa shape index (κ2) is 3.80. The van der Waals surface area contributed by atoms with E-state index in [1.807, 2.05) is 11.6 Å². The van der Waals surface area contributed by atoms with Crippen LogP contribution in [0.5, 0.6) is 0 Å². The average Bonchev–Trinajstić information content (AvgIpc) is 2.75. The summed E-state index contributed by atoms with van der Waals surface area (Å²) in [5.41, 5.74) is 1.14. The molecule has 0 spiro atoms. The number of aromatic nitrogens is 2.